The molecule has 7 rings (SSSR count). The number of amides is 1. The Bertz CT molecular complexity index is 1830. The van der Waals surface area contributed by atoms with Gasteiger partial charge >= 0.3 is 0 Å². The van der Waals surface area contributed by atoms with Crippen LogP contribution in [0.1, 0.15) is 21.5 Å². The Hall–Kier alpha value is -5.65. The number of hydrogen-bond acceptors (Lipinski definition) is 9. The van der Waals surface area contributed by atoms with Crippen LogP contribution in [0.2, 0.25) is 0 Å². The molecule has 12 heteroatoms. The van der Waals surface area contributed by atoms with Crippen molar-refractivity contribution in [3.63, 3.8) is 0 Å². The molecule has 0 saturated heterocycles. The van der Waals surface area contributed by atoms with Crippen LogP contribution in [0.15, 0.2) is 89.1 Å². The average Bonchev–Trinajstić information content (AvgIpc) is 3.88. The molecule has 3 N–H and O–H groups in total. The van der Waals surface area contributed by atoms with Gasteiger partial charge in [0.2, 0.25) is 0 Å². The van der Waals surface area contributed by atoms with Crippen molar-refractivity contribution >= 4 is 17.6 Å². The van der Waals surface area contributed by atoms with Gasteiger partial charge in [-0.2, -0.15) is 0 Å². The first-order chi connectivity index (χ1) is 20.7. The van der Waals surface area contributed by atoms with E-state index in [4.69, 9.17) is 0 Å². The van der Waals surface area contributed by atoms with Crippen molar-refractivity contribution in [3.05, 3.63) is 95.8 Å². The molecule has 5 aromatic rings. The van der Waals surface area contributed by atoms with E-state index in [9.17, 15) is 4.79 Å². The Morgan fingerprint density at radius 3 is 1.76 bits per heavy atom. The van der Waals surface area contributed by atoms with Crippen LogP contribution < -0.4 is 16.0 Å². The maximum absolute atomic E-state index is 13.0. The van der Waals surface area contributed by atoms with E-state index in [0.29, 0.717) is 22.5 Å². The first-order valence-corrected chi connectivity index (χ1v) is 13.7. The highest BCUT2D eigenvalue weighted by atomic mass is 16.1. The predicted octanol–water partition coefficient (Wildman–Crippen LogP) is 2.24. The van der Waals surface area contributed by atoms with Crippen molar-refractivity contribution in [2.75, 3.05) is 33.2 Å². The second kappa shape index (κ2) is 10.7. The first kappa shape index (κ1) is 25.3. The van der Waals surface area contributed by atoms with Crippen molar-refractivity contribution < 1.29 is 4.79 Å². The molecule has 208 valence electrons. The summed E-state index contributed by atoms with van der Waals surface area (Å²) >= 11 is 0. The standard InChI is InChI=1S/C30H27N11O/c1-31-30(42)25-16-21(26-17-40(38-36-26)22-7-2-19(3-8-22)28-32-12-13-33-28)6-11-24(25)27-18-41(39-37-27)23-9-4-20(5-10-23)29-34-14-15-35-29/h2-11,16-18H,12-15H2,1H3,(H,31,42)(H,32,33)(H,34,35). The summed E-state index contributed by atoms with van der Waals surface area (Å²) in [4.78, 5) is 21.9. The summed E-state index contributed by atoms with van der Waals surface area (Å²) in [6.07, 6.45) is 3.66. The number of hydrogen-bond donors (Lipinski definition) is 3. The Labute approximate surface area is 241 Å². The van der Waals surface area contributed by atoms with Gasteiger partial charge in [-0.25, -0.2) is 9.36 Å². The molecule has 0 radical (unpaired) electrons. The van der Waals surface area contributed by atoms with Crippen LogP contribution in [0, 0.1) is 0 Å². The zero-order valence-corrected chi connectivity index (χ0v) is 22.8. The van der Waals surface area contributed by atoms with Crippen LogP contribution in [0.25, 0.3) is 33.9 Å². The number of carbonyl (C=O) groups is 1. The monoisotopic (exact) mass is 557 g/mol. The normalized spacial score (nSPS) is 14.2. The minimum absolute atomic E-state index is 0.234. The lowest BCUT2D eigenvalue weighted by Gasteiger charge is -2.08. The van der Waals surface area contributed by atoms with Gasteiger partial charge in [0, 0.05) is 48.0 Å². The molecule has 2 aromatic heterocycles. The maximum atomic E-state index is 13.0. The number of nitrogens with one attached hydrogen (secondary N) is 3. The highest BCUT2D eigenvalue weighted by Gasteiger charge is 2.18. The van der Waals surface area contributed by atoms with Gasteiger partial charge in [-0.15, -0.1) is 10.2 Å². The van der Waals surface area contributed by atoms with E-state index in [2.05, 4.69) is 46.6 Å². The smallest absolute Gasteiger partial charge is 0.251 e. The lowest BCUT2D eigenvalue weighted by atomic mass is 10.00. The molecule has 0 unspecified atom stereocenters. The Kier molecular flexibility index (Phi) is 6.47. The van der Waals surface area contributed by atoms with Crippen molar-refractivity contribution in [2.45, 2.75) is 0 Å². The van der Waals surface area contributed by atoms with Gasteiger partial charge in [0.1, 0.15) is 23.1 Å². The van der Waals surface area contributed by atoms with Crippen LogP contribution in [-0.4, -0.2) is 80.8 Å². The Balaban J connectivity index is 1.15. The van der Waals surface area contributed by atoms with E-state index in [1.165, 1.54) is 0 Å². The van der Waals surface area contributed by atoms with Gasteiger partial charge < -0.3 is 16.0 Å². The summed E-state index contributed by atoms with van der Waals surface area (Å²) in [7, 11) is 1.60. The van der Waals surface area contributed by atoms with Crippen LogP contribution in [0.4, 0.5) is 0 Å². The molecule has 0 spiro atoms. The molecule has 0 fully saturated rings. The number of rotatable bonds is 7. The third-order valence-corrected chi connectivity index (χ3v) is 7.21. The molecule has 42 heavy (non-hydrogen) atoms. The van der Waals surface area contributed by atoms with E-state index < -0.39 is 0 Å². The lowest BCUT2D eigenvalue weighted by molar-refractivity contribution is 0.0963. The summed E-state index contributed by atoms with van der Waals surface area (Å²) in [6, 6.07) is 21.5. The zero-order chi connectivity index (χ0) is 28.5. The number of amidine groups is 2. The Morgan fingerprint density at radius 2 is 1.24 bits per heavy atom. The topological polar surface area (TPSA) is 139 Å². The summed E-state index contributed by atoms with van der Waals surface area (Å²) in [5.74, 6) is 1.58. The highest BCUT2D eigenvalue weighted by molar-refractivity contribution is 6.02. The van der Waals surface area contributed by atoms with Crippen molar-refractivity contribution in [2.24, 2.45) is 9.98 Å². The third kappa shape index (κ3) is 4.79. The quantitative estimate of drug-likeness (QED) is 0.279. The summed E-state index contributed by atoms with van der Waals surface area (Å²) < 4.78 is 3.40. The number of nitrogens with zero attached hydrogens (tertiary/aromatic N) is 8. The van der Waals surface area contributed by atoms with Gasteiger partial charge in [0.15, 0.2) is 0 Å². The van der Waals surface area contributed by atoms with Crippen LogP contribution in [0.5, 0.6) is 0 Å². The average molecular weight is 558 g/mol. The number of carbonyl (C=O) groups excluding carboxylic acids is 1. The molecular weight excluding hydrogens is 530 g/mol. The maximum Gasteiger partial charge on any atom is 0.251 e. The molecule has 0 aliphatic carbocycles. The summed E-state index contributed by atoms with van der Waals surface area (Å²) in [6.45, 7) is 3.30. The van der Waals surface area contributed by atoms with Gasteiger partial charge in [0.05, 0.1) is 36.9 Å². The summed E-state index contributed by atoms with van der Waals surface area (Å²) in [5, 5.41) is 26.7. The molecule has 0 bridgehead atoms. The fraction of sp³-hybridized carbons (Fsp3) is 0.167. The van der Waals surface area contributed by atoms with Crippen LogP contribution in [-0.2, 0) is 0 Å². The molecule has 3 aromatic carbocycles. The van der Waals surface area contributed by atoms with Gasteiger partial charge in [-0.3, -0.25) is 14.8 Å². The largest absolute Gasteiger partial charge is 0.368 e. The fourth-order valence-corrected chi connectivity index (χ4v) is 5.01. The Morgan fingerprint density at radius 1 is 0.714 bits per heavy atom. The van der Waals surface area contributed by atoms with Crippen LogP contribution >= 0.6 is 0 Å². The lowest BCUT2D eigenvalue weighted by Crippen LogP contribution is -2.19. The van der Waals surface area contributed by atoms with Gasteiger partial charge in [-0.05, 0) is 54.6 Å². The van der Waals surface area contributed by atoms with E-state index in [0.717, 1.165) is 65.9 Å². The predicted molar refractivity (Wildman–Crippen MR) is 159 cm³/mol. The number of benzene rings is 3. The first-order valence-electron chi connectivity index (χ1n) is 13.7. The van der Waals surface area contributed by atoms with Crippen molar-refractivity contribution in [3.8, 4) is 33.9 Å². The molecular formula is C30H27N11O. The molecule has 4 heterocycles. The molecule has 0 saturated carbocycles. The minimum Gasteiger partial charge on any atom is -0.368 e. The molecule has 1 amide bonds. The minimum atomic E-state index is -0.234. The number of aromatic nitrogens is 6. The molecule has 2 aliphatic rings. The van der Waals surface area contributed by atoms with Gasteiger partial charge in [0.25, 0.3) is 5.91 Å². The second-order valence-electron chi connectivity index (χ2n) is 9.84. The van der Waals surface area contributed by atoms with Crippen molar-refractivity contribution in [1.29, 1.82) is 0 Å². The third-order valence-electron chi connectivity index (χ3n) is 7.21. The van der Waals surface area contributed by atoms with Gasteiger partial charge in [-0.1, -0.05) is 22.6 Å². The molecule has 12 nitrogen and oxygen atoms in total. The van der Waals surface area contributed by atoms with E-state index in [1.807, 2.05) is 73.1 Å². The fourth-order valence-electron chi connectivity index (χ4n) is 5.01. The highest BCUT2D eigenvalue weighted by Crippen LogP contribution is 2.28. The number of aliphatic imine (C=N–C) groups is 2. The van der Waals surface area contributed by atoms with Crippen molar-refractivity contribution in [1.82, 2.24) is 45.9 Å². The SMILES string of the molecule is CNC(=O)c1cc(-c2cn(-c3ccc(C4=NCCN4)cc3)nn2)ccc1-c1cn(-c2ccc(C3=NCCN3)cc2)nn1. The van der Waals surface area contributed by atoms with Crippen LogP contribution in [0.3, 0.4) is 0 Å². The summed E-state index contributed by atoms with van der Waals surface area (Å²) in [5.41, 5.74) is 6.90. The second-order valence-corrected chi connectivity index (χ2v) is 9.84. The zero-order valence-electron chi connectivity index (χ0n) is 22.8. The van der Waals surface area contributed by atoms with E-state index in [-0.39, 0.29) is 5.91 Å². The van der Waals surface area contributed by atoms with E-state index >= 15 is 0 Å². The molecule has 0 atom stereocenters. The van der Waals surface area contributed by atoms with E-state index in [1.54, 1.807) is 22.5 Å². The molecule has 2 aliphatic heterocycles.